The largest absolute Gasteiger partial charge is 0.481 e. The van der Waals surface area contributed by atoms with Crippen LogP contribution in [0, 0.1) is 5.92 Å². The molecule has 0 aromatic rings. The van der Waals surface area contributed by atoms with E-state index in [4.69, 9.17) is 5.11 Å². The van der Waals surface area contributed by atoms with Gasteiger partial charge in [-0.2, -0.15) is 0 Å². The highest BCUT2D eigenvalue weighted by atomic mass is 32.1. The molecule has 3 nitrogen and oxygen atoms in total. The molecule has 1 unspecified atom stereocenters. The summed E-state index contributed by atoms with van der Waals surface area (Å²) < 4.78 is 0. The van der Waals surface area contributed by atoms with Gasteiger partial charge in [0, 0.05) is 6.42 Å². The van der Waals surface area contributed by atoms with E-state index in [1.165, 1.54) is 128 Å². The Labute approximate surface area is 205 Å². The van der Waals surface area contributed by atoms with Gasteiger partial charge in [0.2, 0.25) is 0 Å². The molecule has 4 heteroatoms. The third-order valence-corrected chi connectivity index (χ3v) is 6.86. The van der Waals surface area contributed by atoms with Crippen molar-refractivity contribution in [1.82, 2.24) is 0 Å². The SMILES string of the molecule is CCCCCCCCCCCCCCCCCCCCCCCCC(CC(=O)S)C(=O)O. The number of thiol groups is 1. The lowest BCUT2D eigenvalue weighted by atomic mass is 9.97. The summed E-state index contributed by atoms with van der Waals surface area (Å²) in [4.78, 5) is 22.1. The zero-order chi connectivity index (χ0) is 23.7. The maximum atomic E-state index is 11.1. The summed E-state index contributed by atoms with van der Waals surface area (Å²) in [6.07, 6.45) is 30.5. The molecule has 0 aliphatic heterocycles. The van der Waals surface area contributed by atoms with Gasteiger partial charge in [-0.15, -0.1) is 12.6 Å². The topological polar surface area (TPSA) is 54.4 Å². The second kappa shape index (κ2) is 25.1. The maximum Gasteiger partial charge on any atom is 0.306 e. The number of unbranched alkanes of at least 4 members (excludes halogenated alkanes) is 21. The Morgan fingerprint density at radius 3 is 1.09 bits per heavy atom. The van der Waals surface area contributed by atoms with Crippen molar-refractivity contribution in [2.45, 2.75) is 161 Å². The molecule has 190 valence electrons. The molecule has 1 atom stereocenters. The van der Waals surface area contributed by atoms with Crippen LogP contribution in [0.2, 0.25) is 0 Å². The minimum atomic E-state index is -0.865. The van der Waals surface area contributed by atoms with E-state index in [1.54, 1.807) is 0 Å². The molecule has 0 bridgehead atoms. The van der Waals surface area contributed by atoms with Gasteiger partial charge in [0.05, 0.1) is 5.92 Å². The van der Waals surface area contributed by atoms with Crippen molar-refractivity contribution in [1.29, 1.82) is 0 Å². The first-order valence-corrected chi connectivity index (χ1v) is 14.5. The second-order valence-electron chi connectivity index (χ2n) is 9.85. The third kappa shape index (κ3) is 24.1. The van der Waals surface area contributed by atoms with Gasteiger partial charge < -0.3 is 5.11 Å². The van der Waals surface area contributed by atoms with Crippen LogP contribution < -0.4 is 0 Å². The lowest BCUT2D eigenvalue weighted by Gasteiger charge is -2.09. The maximum absolute atomic E-state index is 11.1. The second-order valence-corrected chi connectivity index (χ2v) is 10.3. The predicted molar refractivity (Wildman–Crippen MR) is 142 cm³/mol. The summed E-state index contributed by atoms with van der Waals surface area (Å²) in [5, 5.41) is 8.78. The highest BCUT2D eigenvalue weighted by molar-refractivity contribution is 7.96. The van der Waals surface area contributed by atoms with E-state index in [2.05, 4.69) is 19.6 Å². The quantitative estimate of drug-likeness (QED) is 0.0977. The van der Waals surface area contributed by atoms with Crippen LogP contribution in [0.15, 0.2) is 0 Å². The standard InChI is InChI=1S/C28H54O3S/c1-2-3-4-5-6-7-8-9-10-11-12-13-14-15-16-17-18-19-20-21-22-23-24-26(28(30)31)25-27(29)32/h26H,2-25H2,1H3,(H,29,32)(H,30,31). The number of rotatable bonds is 26. The van der Waals surface area contributed by atoms with Crippen LogP contribution in [0.1, 0.15) is 161 Å². The van der Waals surface area contributed by atoms with Crippen LogP contribution in [-0.2, 0) is 9.59 Å². The highest BCUT2D eigenvalue weighted by Gasteiger charge is 2.18. The molecule has 32 heavy (non-hydrogen) atoms. The van der Waals surface area contributed by atoms with E-state index < -0.39 is 11.9 Å². The fraction of sp³-hybridized carbons (Fsp3) is 0.929. The van der Waals surface area contributed by atoms with Crippen molar-refractivity contribution < 1.29 is 14.7 Å². The molecule has 0 amide bonds. The molecule has 0 spiro atoms. The van der Waals surface area contributed by atoms with Gasteiger partial charge in [0.1, 0.15) is 0 Å². The first-order chi connectivity index (χ1) is 15.6. The number of hydrogen-bond donors (Lipinski definition) is 2. The van der Waals surface area contributed by atoms with Crippen molar-refractivity contribution in [2.24, 2.45) is 5.92 Å². The summed E-state index contributed by atoms with van der Waals surface area (Å²) in [6.45, 7) is 2.28. The van der Waals surface area contributed by atoms with Crippen molar-refractivity contribution in [3.63, 3.8) is 0 Å². The molecule has 0 saturated heterocycles. The summed E-state index contributed by atoms with van der Waals surface area (Å²) >= 11 is 3.70. The van der Waals surface area contributed by atoms with Crippen LogP contribution in [0.4, 0.5) is 0 Å². The van der Waals surface area contributed by atoms with Crippen molar-refractivity contribution in [3.05, 3.63) is 0 Å². The minimum absolute atomic E-state index is 0.0533. The van der Waals surface area contributed by atoms with E-state index in [9.17, 15) is 9.59 Å². The Morgan fingerprint density at radius 2 is 0.844 bits per heavy atom. The molecule has 0 aliphatic rings. The first-order valence-electron chi connectivity index (χ1n) is 14.0. The molecule has 0 aromatic heterocycles. The molecule has 0 saturated carbocycles. The molecule has 0 rings (SSSR count). The molecule has 0 heterocycles. The molecular weight excluding hydrogens is 416 g/mol. The van der Waals surface area contributed by atoms with Crippen LogP contribution >= 0.6 is 12.6 Å². The van der Waals surface area contributed by atoms with Crippen LogP contribution in [-0.4, -0.2) is 16.2 Å². The summed E-state index contributed by atoms with van der Waals surface area (Å²) in [5.41, 5.74) is 0. The third-order valence-electron chi connectivity index (χ3n) is 6.68. The fourth-order valence-corrected chi connectivity index (χ4v) is 4.74. The lowest BCUT2D eigenvalue weighted by Crippen LogP contribution is -2.16. The van der Waals surface area contributed by atoms with E-state index in [-0.39, 0.29) is 11.5 Å². The molecule has 1 N–H and O–H groups in total. The normalized spacial score (nSPS) is 12.2. The van der Waals surface area contributed by atoms with Crippen LogP contribution in [0.25, 0.3) is 0 Å². The van der Waals surface area contributed by atoms with Gasteiger partial charge in [-0.05, 0) is 6.42 Å². The lowest BCUT2D eigenvalue weighted by molar-refractivity contribution is -0.143. The highest BCUT2D eigenvalue weighted by Crippen LogP contribution is 2.18. The van der Waals surface area contributed by atoms with Crippen LogP contribution in [0.5, 0.6) is 0 Å². The van der Waals surface area contributed by atoms with E-state index in [0.29, 0.717) is 6.42 Å². The molecule has 0 aromatic carbocycles. The molecule has 0 radical (unpaired) electrons. The zero-order valence-corrected chi connectivity index (χ0v) is 22.2. The predicted octanol–water partition coefficient (Wildman–Crippen LogP) is 9.53. The van der Waals surface area contributed by atoms with E-state index in [1.807, 2.05) is 0 Å². The Morgan fingerprint density at radius 1 is 0.562 bits per heavy atom. The summed E-state index contributed by atoms with van der Waals surface area (Å²) in [6, 6.07) is 0. The van der Waals surface area contributed by atoms with Gasteiger partial charge in [-0.3, -0.25) is 9.59 Å². The summed E-state index contributed by atoms with van der Waals surface area (Å²) in [7, 11) is 0. The average molecular weight is 471 g/mol. The van der Waals surface area contributed by atoms with Gasteiger partial charge in [-0.1, -0.05) is 148 Å². The first kappa shape index (κ1) is 31.5. The molecular formula is C28H54O3S. The van der Waals surface area contributed by atoms with Gasteiger partial charge in [0.15, 0.2) is 5.12 Å². The number of carbonyl (C=O) groups excluding carboxylic acids is 1. The van der Waals surface area contributed by atoms with E-state index in [0.717, 1.165) is 12.8 Å². The Bertz CT molecular complexity index is 425. The molecule has 0 fully saturated rings. The Balaban J connectivity index is 3.19. The van der Waals surface area contributed by atoms with Crippen LogP contribution in [0.3, 0.4) is 0 Å². The number of aliphatic carboxylic acids is 1. The minimum Gasteiger partial charge on any atom is -0.481 e. The smallest absolute Gasteiger partial charge is 0.306 e. The van der Waals surface area contributed by atoms with Crippen molar-refractivity contribution >= 4 is 23.7 Å². The zero-order valence-electron chi connectivity index (χ0n) is 21.3. The number of carboxylic acids is 1. The number of carboxylic acid groups (broad SMARTS) is 1. The van der Waals surface area contributed by atoms with E-state index >= 15 is 0 Å². The number of hydrogen-bond acceptors (Lipinski definition) is 2. The fourth-order valence-electron chi connectivity index (χ4n) is 4.52. The van der Waals surface area contributed by atoms with Gasteiger partial charge in [0.25, 0.3) is 0 Å². The van der Waals surface area contributed by atoms with Gasteiger partial charge in [-0.25, -0.2) is 0 Å². The van der Waals surface area contributed by atoms with Crippen molar-refractivity contribution in [3.8, 4) is 0 Å². The van der Waals surface area contributed by atoms with Gasteiger partial charge >= 0.3 is 5.97 Å². The van der Waals surface area contributed by atoms with Crippen molar-refractivity contribution in [2.75, 3.05) is 0 Å². The Kier molecular flexibility index (Phi) is 24.7. The Hall–Kier alpha value is -0.510. The average Bonchev–Trinajstić information content (AvgIpc) is 2.76. The molecule has 0 aliphatic carbocycles. The monoisotopic (exact) mass is 470 g/mol. The number of carbonyl (C=O) groups is 2. The summed E-state index contributed by atoms with van der Waals surface area (Å²) in [5.74, 6) is -1.42.